The van der Waals surface area contributed by atoms with E-state index in [0.717, 1.165) is 22.7 Å². The molecule has 0 aliphatic carbocycles. The number of hydrogen-bond donors (Lipinski definition) is 0. The van der Waals surface area contributed by atoms with Gasteiger partial charge in [0.15, 0.2) is 0 Å². The van der Waals surface area contributed by atoms with Crippen molar-refractivity contribution < 1.29 is 0 Å². The van der Waals surface area contributed by atoms with E-state index in [2.05, 4.69) is 228 Å². The largest absolute Gasteiger partial charge is 0.310 e. The van der Waals surface area contributed by atoms with Gasteiger partial charge in [-0.1, -0.05) is 164 Å². The van der Waals surface area contributed by atoms with E-state index in [-0.39, 0.29) is 0 Å². The second-order valence-corrected chi connectivity index (χ2v) is 14.4. The van der Waals surface area contributed by atoms with Gasteiger partial charge in [-0.2, -0.15) is 0 Å². The maximum Gasteiger partial charge on any atom is 0.0541 e. The van der Waals surface area contributed by atoms with Crippen molar-refractivity contribution in [3.8, 4) is 27.9 Å². The van der Waals surface area contributed by atoms with Crippen molar-refractivity contribution in [2.45, 2.75) is 0 Å². The summed E-state index contributed by atoms with van der Waals surface area (Å²) in [6.45, 7) is 0. The maximum absolute atomic E-state index is 2.40. The van der Waals surface area contributed by atoms with Gasteiger partial charge < -0.3 is 9.47 Å². The Balaban J connectivity index is 1.12. The maximum atomic E-state index is 2.40. The molecule has 0 aliphatic rings. The molecule has 0 spiro atoms. The topological polar surface area (TPSA) is 8.17 Å². The minimum absolute atomic E-state index is 1.10. The fourth-order valence-corrected chi connectivity index (χ4v) is 9.00. The Morgan fingerprint density at radius 2 is 0.732 bits per heavy atom. The molecule has 0 fully saturated rings. The van der Waals surface area contributed by atoms with Crippen LogP contribution < -0.4 is 4.90 Å². The van der Waals surface area contributed by atoms with Gasteiger partial charge in [0.1, 0.15) is 0 Å². The highest BCUT2D eigenvalue weighted by Gasteiger charge is 2.21. The number of nitrogens with zero attached hydrogens (tertiary/aromatic N) is 2. The summed E-state index contributed by atoms with van der Waals surface area (Å²) in [5.41, 5.74) is 11.9. The highest BCUT2D eigenvalue weighted by atomic mass is 15.1. The number of benzene rings is 10. The van der Waals surface area contributed by atoms with E-state index in [9.17, 15) is 0 Å². The Hall–Kier alpha value is -7.42. The second-order valence-electron chi connectivity index (χ2n) is 14.4. The lowest BCUT2D eigenvalue weighted by molar-refractivity contribution is 1.17. The Bertz CT molecular complexity index is 3120. The highest BCUT2D eigenvalue weighted by molar-refractivity contribution is 6.24. The first kappa shape index (κ1) is 32.0. The number of hydrogen-bond acceptors (Lipinski definition) is 1. The van der Waals surface area contributed by atoms with Crippen LogP contribution in [0.2, 0.25) is 0 Å². The second kappa shape index (κ2) is 13.2. The van der Waals surface area contributed by atoms with E-state index in [4.69, 9.17) is 0 Å². The first-order valence-corrected chi connectivity index (χ1v) is 19.3. The van der Waals surface area contributed by atoms with Gasteiger partial charge in [0.25, 0.3) is 0 Å². The number of fused-ring (bicyclic) bond motifs is 6. The van der Waals surface area contributed by atoms with Crippen LogP contribution in [0.4, 0.5) is 17.1 Å². The van der Waals surface area contributed by atoms with Crippen molar-refractivity contribution in [1.29, 1.82) is 0 Å². The van der Waals surface area contributed by atoms with Gasteiger partial charge in [-0.15, -0.1) is 0 Å². The number of aromatic nitrogens is 1. The molecule has 262 valence electrons. The summed E-state index contributed by atoms with van der Waals surface area (Å²) in [5, 5.41) is 9.97. The molecular formula is C54H36N2. The zero-order chi connectivity index (χ0) is 37.0. The Labute approximate surface area is 325 Å². The van der Waals surface area contributed by atoms with E-state index in [1.807, 2.05) is 0 Å². The van der Waals surface area contributed by atoms with Crippen LogP contribution in [0.3, 0.4) is 0 Å². The lowest BCUT2D eigenvalue weighted by atomic mass is 9.84. The molecule has 0 radical (unpaired) electrons. The van der Waals surface area contributed by atoms with Crippen LogP contribution in [0.1, 0.15) is 0 Å². The lowest BCUT2D eigenvalue weighted by Gasteiger charge is -2.27. The van der Waals surface area contributed by atoms with Crippen molar-refractivity contribution in [2.75, 3.05) is 4.90 Å². The van der Waals surface area contributed by atoms with Gasteiger partial charge in [-0.3, -0.25) is 0 Å². The predicted octanol–water partition coefficient (Wildman–Crippen LogP) is 15.0. The summed E-state index contributed by atoms with van der Waals surface area (Å²) in [5.74, 6) is 0. The molecule has 0 unspecified atom stereocenters. The molecule has 0 bridgehead atoms. The summed E-state index contributed by atoms with van der Waals surface area (Å²) >= 11 is 0. The highest BCUT2D eigenvalue weighted by Crippen LogP contribution is 2.47. The standard InChI is InChI=1S/C54H36N2/c1-3-17-37(18-4-1)53-46-23-7-9-25-48(46)54(49-26-10-8-24-47(49)53)45-29-15-28-42-41(45)27-16-32-50(42)55(38-19-5-2-6-20-38)39-33-35-40(36-34-39)56-51-30-13-11-21-43(51)44-22-12-14-31-52(44)56/h1-36H. The normalized spacial score (nSPS) is 11.6. The molecule has 0 aliphatic heterocycles. The molecule has 0 amide bonds. The van der Waals surface area contributed by atoms with Crippen molar-refractivity contribution in [1.82, 2.24) is 4.57 Å². The Morgan fingerprint density at radius 3 is 1.34 bits per heavy atom. The molecule has 11 rings (SSSR count). The van der Waals surface area contributed by atoms with Crippen LogP contribution in [-0.4, -0.2) is 4.57 Å². The summed E-state index contributed by atoms with van der Waals surface area (Å²) in [6, 6.07) is 79.4. The molecule has 1 heterocycles. The van der Waals surface area contributed by atoms with Gasteiger partial charge in [0, 0.05) is 33.2 Å². The minimum atomic E-state index is 1.10. The zero-order valence-electron chi connectivity index (χ0n) is 30.7. The zero-order valence-corrected chi connectivity index (χ0v) is 30.7. The average molecular weight is 713 g/mol. The SMILES string of the molecule is c1ccc(-c2c3ccccc3c(-c3cccc4c(N(c5ccccc5)c5ccc(-n6c7ccccc7c7ccccc76)cc5)cccc34)c3ccccc23)cc1. The molecule has 11 aromatic rings. The molecular weight excluding hydrogens is 677 g/mol. The molecule has 2 heteroatoms. The van der Waals surface area contributed by atoms with E-state index < -0.39 is 0 Å². The first-order chi connectivity index (χ1) is 27.8. The lowest BCUT2D eigenvalue weighted by Crippen LogP contribution is -2.10. The van der Waals surface area contributed by atoms with Gasteiger partial charge >= 0.3 is 0 Å². The average Bonchev–Trinajstić information content (AvgIpc) is 3.61. The molecule has 10 aromatic carbocycles. The summed E-state index contributed by atoms with van der Waals surface area (Å²) in [7, 11) is 0. The predicted molar refractivity (Wildman–Crippen MR) is 239 cm³/mol. The van der Waals surface area contributed by atoms with E-state index >= 15 is 0 Å². The fraction of sp³-hybridized carbons (Fsp3) is 0. The van der Waals surface area contributed by atoms with Crippen LogP contribution in [0.15, 0.2) is 218 Å². The minimum Gasteiger partial charge on any atom is -0.310 e. The molecule has 0 saturated heterocycles. The first-order valence-electron chi connectivity index (χ1n) is 19.3. The van der Waals surface area contributed by atoms with Gasteiger partial charge in [0.05, 0.1) is 16.7 Å². The third-order valence-corrected chi connectivity index (χ3v) is 11.4. The number of para-hydroxylation sites is 3. The number of anilines is 3. The van der Waals surface area contributed by atoms with Gasteiger partial charge in [-0.05, 0) is 104 Å². The summed E-state index contributed by atoms with van der Waals surface area (Å²) in [6.07, 6.45) is 0. The van der Waals surface area contributed by atoms with Crippen molar-refractivity contribution in [3.05, 3.63) is 218 Å². The van der Waals surface area contributed by atoms with Crippen LogP contribution in [0, 0.1) is 0 Å². The van der Waals surface area contributed by atoms with Crippen LogP contribution in [0.25, 0.3) is 82.1 Å². The molecule has 0 saturated carbocycles. The summed E-state index contributed by atoms with van der Waals surface area (Å²) in [4.78, 5) is 2.40. The number of rotatable bonds is 6. The monoisotopic (exact) mass is 712 g/mol. The van der Waals surface area contributed by atoms with E-state index in [0.29, 0.717) is 0 Å². The molecule has 56 heavy (non-hydrogen) atoms. The third-order valence-electron chi connectivity index (χ3n) is 11.4. The third kappa shape index (κ3) is 5.04. The van der Waals surface area contributed by atoms with Crippen molar-refractivity contribution in [3.63, 3.8) is 0 Å². The van der Waals surface area contributed by atoms with Gasteiger partial charge in [0.2, 0.25) is 0 Å². The fourth-order valence-electron chi connectivity index (χ4n) is 9.00. The van der Waals surface area contributed by atoms with E-state index in [1.165, 1.54) is 76.4 Å². The molecule has 2 nitrogen and oxygen atoms in total. The van der Waals surface area contributed by atoms with Crippen molar-refractivity contribution >= 4 is 71.2 Å². The van der Waals surface area contributed by atoms with E-state index in [1.54, 1.807) is 0 Å². The Kier molecular flexibility index (Phi) is 7.53. The molecule has 1 aromatic heterocycles. The quantitative estimate of drug-likeness (QED) is 0.156. The molecule has 0 atom stereocenters. The smallest absolute Gasteiger partial charge is 0.0541 e. The van der Waals surface area contributed by atoms with Crippen LogP contribution >= 0.6 is 0 Å². The molecule has 0 N–H and O–H groups in total. The summed E-state index contributed by atoms with van der Waals surface area (Å²) < 4.78 is 2.38. The van der Waals surface area contributed by atoms with Crippen molar-refractivity contribution in [2.24, 2.45) is 0 Å². The van der Waals surface area contributed by atoms with Crippen LogP contribution in [-0.2, 0) is 0 Å². The Morgan fingerprint density at radius 1 is 0.286 bits per heavy atom. The van der Waals surface area contributed by atoms with Crippen LogP contribution in [0.5, 0.6) is 0 Å². The van der Waals surface area contributed by atoms with Gasteiger partial charge in [-0.25, -0.2) is 0 Å².